The number of carbonyl (C=O) groups is 1. The van der Waals surface area contributed by atoms with Crippen molar-refractivity contribution in [1.29, 1.82) is 0 Å². The van der Waals surface area contributed by atoms with Crippen LogP contribution in [-0.2, 0) is 4.79 Å². The van der Waals surface area contributed by atoms with Gasteiger partial charge in [-0.25, -0.2) is 0 Å². The maximum Gasteiger partial charge on any atom is 0.236 e. The van der Waals surface area contributed by atoms with Gasteiger partial charge in [0.2, 0.25) is 5.91 Å². The van der Waals surface area contributed by atoms with Crippen LogP contribution in [0.5, 0.6) is 0 Å². The summed E-state index contributed by atoms with van der Waals surface area (Å²) in [4.78, 5) is 13.6. The molecule has 0 aliphatic heterocycles. The first-order valence-corrected chi connectivity index (χ1v) is 5.72. The number of nitrogens with two attached hydrogens (primary N) is 1. The second-order valence-corrected chi connectivity index (χ2v) is 4.23. The second kappa shape index (κ2) is 7.65. The molecule has 0 bridgehead atoms. The number of nitrogens with zero attached hydrogens (tertiary/aromatic N) is 1. The van der Waals surface area contributed by atoms with Gasteiger partial charge >= 0.3 is 0 Å². The normalized spacial score (nSPS) is 13.3. The Bertz CT molecular complexity index is 183. The van der Waals surface area contributed by atoms with Crippen LogP contribution in [0.3, 0.4) is 0 Å². The van der Waals surface area contributed by atoms with Crippen molar-refractivity contribution >= 4 is 5.91 Å². The van der Waals surface area contributed by atoms with Crippen molar-refractivity contribution in [2.45, 2.75) is 45.7 Å². The van der Waals surface area contributed by atoms with Crippen molar-refractivity contribution in [3.63, 3.8) is 0 Å². The van der Waals surface area contributed by atoms with Crippen LogP contribution in [0.2, 0.25) is 0 Å². The van der Waals surface area contributed by atoms with E-state index >= 15 is 0 Å². The lowest BCUT2D eigenvalue weighted by atomic mass is 10.2. The highest BCUT2D eigenvalue weighted by Crippen LogP contribution is 1.94. The van der Waals surface area contributed by atoms with Crippen LogP contribution < -0.4 is 11.1 Å². The Hall–Kier alpha value is -0.610. The second-order valence-electron chi connectivity index (χ2n) is 4.23. The first-order valence-electron chi connectivity index (χ1n) is 5.72. The van der Waals surface area contributed by atoms with Gasteiger partial charge in [-0.1, -0.05) is 6.92 Å². The first-order chi connectivity index (χ1) is 6.99. The van der Waals surface area contributed by atoms with E-state index in [1.54, 1.807) is 0 Å². The van der Waals surface area contributed by atoms with Gasteiger partial charge in [0.05, 0.1) is 6.04 Å². The molecule has 0 aliphatic carbocycles. The van der Waals surface area contributed by atoms with Crippen LogP contribution in [0.4, 0.5) is 0 Å². The largest absolute Gasteiger partial charge is 0.355 e. The molecular formula is C11H25N3O. The molecule has 0 rings (SSSR count). The summed E-state index contributed by atoms with van der Waals surface area (Å²) in [6.07, 6.45) is 1.66. The van der Waals surface area contributed by atoms with E-state index in [9.17, 15) is 4.79 Å². The quantitative estimate of drug-likeness (QED) is 0.610. The molecule has 0 heterocycles. The maximum atomic E-state index is 11.3. The van der Waals surface area contributed by atoms with Crippen LogP contribution in [0.15, 0.2) is 0 Å². The molecule has 1 unspecified atom stereocenters. The molecule has 0 aromatic heterocycles. The number of hydrogen-bond donors (Lipinski definition) is 2. The Morgan fingerprint density at radius 3 is 2.53 bits per heavy atom. The molecule has 3 N–H and O–H groups in total. The zero-order valence-corrected chi connectivity index (χ0v) is 10.4. The number of amides is 1. The highest BCUT2D eigenvalue weighted by atomic mass is 16.2. The number of carbonyl (C=O) groups excluding carboxylic acids is 1. The van der Waals surface area contributed by atoms with Gasteiger partial charge in [0.15, 0.2) is 0 Å². The fraction of sp³-hybridized carbons (Fsp3) is 0.909. The Labute approximate surface area is 93.2 Å². The molecule has 0 spiro atoms. The van der Waals surface area contributed by atoms with Crippen LogP contribution in [0.1, 0.15) is 33.6 Å². The first kappa shape index (κ1) is 14.4. The molecule has 0 radical (unpaired) electrons. The summed E-state index contributed by atoms with van der Waals surface area (Å²) in [7, 11) is 2.09. The molecule has 0 fully saturated rings. The third-order valence-corrected chi connectivity index (χ3v) is 2.64. The van der Waals surface area contributed by atoms with Crippen LogP contribution >= 0.6 is 0 Å². The molecular weight excluding hydrogens is 190 g/mol. The minimum atomic E-state index is -0.354. The molecule has 0 aromatic rings. The van der Waals surface area contributed by atoms with Crippen LogP contribution in [0, 0.1) is 0 Å². The van der Waals surface area contributed by atoms with E-state index in [-0.39, 0.29) is 11.9 Å². The fourth-order valence-corrected chi connectivity index (χ4v) is 1.11. The van der Waals surface area contributed by atoms with Gasteiger partial charge in [0, 0.05) is 12.6 Å². The highest BCUT2D eigenvalue weighted by Gasteiger charge is 2.09. The van der Waals surface area contributed by atoms with Gasteiger partial charge in [-0.2, -0.15) is 0 Å². The average Bonchev–Trinajstić information content (AvgIpc) is 2.22. The summed E-state index contributed by atoms with van der Waals surface area (Å²) in [6, 6.07) is 0.200. The smallest absolute Gasteiger partial charge is 0.236 e. The lowest BCUT2D eigenvalue weighted by Gasteiger charge is -2.20. The molecule has 90 valence electrons. The summed E-state index contributed by atoms with van der Waals surface area (Å²) < 4.78 is 0. The Balaban J connectivity index is 3.50. The van der Waals surface area contributed by atoms with Gasteiger partial charge in [0.25, 0.3) is 0 Å². The summed E-state index contributed by atoms with van der Waals surface area (Å²) in [5.74, 6) is -0.0373. The fourth-order valence-electron chi connectivity index (χ4n) is 1.11. The van der Waals surface area contributed by atoms with E-state index in [1.807, 2.05) is 6.92 Å². The SMILES string of the molecule is CCC(N)C(=O)NCCCN(C)C(C)C. The van der Waals surface area contributed by atoms with E-state index in [4.69, 9.17) is 5.73 Å². The molecule has 0 aromatic carbocycles. The monoisotopic (exact) mass is 215 g/mol. The minimum Gasteiger partial charge on any atom is -0.355 e. The van der Waals surface area contributed by atoms with Crippen molar-refractivity contribution in [1.82, 2.24) is 10.2 Å². The molecule has 0 saturated carbocycles. The zero-order valence-electron chi connectivity index (χ0n) is 10.4. The van der Waals surface area contributed by atoms with E-state index in [2.05, 4.69) is 31.1 Å². The van der Waals surface area contributed by atoms with Gasteiger partial charge < -0.3 is 16.0 Å². The lowest BCUT2D eigenvalue weighted by Crippen LogP contribution is -2.41. The van der Waals surface area contributed by atoms with Crippen LogP contribution in [-0.4, -0.2) is 43.0 Å². The highest BCUT2D eigenvalue weighted by molar-refractivity contribution is 5.81. The van der Waals surface area contributed by atoms with Crippen molar-refractivity contribution in [2.75, 3.05) is 20.1 Å². The summed E-state index contributed by atoms with van der Waals surface area (Å²) >= 11 is 0. The van der Waals surface area contributed by atoms with Gasteiger partial charge in [-0.05, 0) is 40.3 Å². The number of nitrogens with one attached hydrogen (secondary N) is 1. The number of hydrogen-bond acceptors (Lipinski definition) is 3. The standard InChI is InChI=1S/C11H25N3O/c1-5-10(12)11(15)13-7-6-8-14(4)9(2)3/h9-10H,5-8,12H2,1-4H3,(H,13,15). The maximum absolute atomic E-state index is 11.3. The Morgan fingerprint density at radius 2 is 2.07 bits per heavy atom. The van der Waals surface area contributed by atoms with Gasteiger partial charge in [0.1, 0.15) is 0 Å². The Morgan fingerprint density at radius 1 is 1.47 bits per heavy atom. The third kappa shape index (κ3) is 6.47. The molecule has 1 atom stereocenters. The summed E-state index contributed by atoms with van der Waals surface area (Å²) in [5.41, 5.74) is 5.58. The molecule has 0 aliphatic rings. The Kier molecular flexibility index (Phi) is 7.34. The van der Waals surface area contributed by atoms with Gasteiger partial charge in [-0.3, -0.25) is 4.79 Å². The predicted octanol–water partition coefficient (Wildman–Crippen LogP) is 0.570. The molecule has 4 heteroatoms. The van der Waals surface area contributed by atoms with Crippen LogP contribution in [0.25, 0.3) is 0 Å². The molecule has 4 nitrogen and oxygen atoms in total. The average molecular weight is 215 g/mol. The van der Waals surface area contributed by atoms with Crippen molar-refractivity contribution in [3.8, 4) is 0 Å². The van der Waals surface area contributed by atoms with E-state index in [0.717, 1.165) is 13.0 Å². The molecule has 15 heavy (non-hydrogen) atoms. The van der Waals surface area contributed by atoms with Crippen molar-refractivity contribution < 1.29 is 4.79 Å². The van der Waals surface area contributed by atoms with E-state index in [0.29, 0.717) is 19.0 Å². The molecule has 1 amide bonds. The predicted molar refractivity (Wildman–Crippen MR) is 63.7 cm³/mol. The zero-order chi connectivity index (χ0) is 11.8. The molecule has 0 saturated heterocycles. The van der Waals surface area contributed by atoms with Gasteiger partial charge in [-0.15, -0.1) is 0 Å². The van der Waals surface area contributed by atoms with E-state index in [1.165, 1.54) is 0 Å². The summed E-state index contributed by atoms with van der Waals surface area (Å²) in [6.45, 7) is 7.94. The topological polar surface area (TPSA) is 58.4 Å². The van der Waals surface area contributed by atoms with Crippen molar-refractivity contribution in [3.05, 3.63) is 0 Å². The van der Waals surface area contributed by atoms with E-state index < -0.39 is 0 Å². The lowest BCUT2D eigenvalue weighted by molar-refractivity contribution is -0.122. The summed E-state index contributed by atoms with van der Waals surface area (Å²) in [5, 5.41) is 2.84. The van der Waals surface area contributed by atoms with Crippen molar-refractivity contribution in [2.24, 2.45) is 5.73 Å². The minimum absolute atomic E-state index is 0.0373. The number of rotatable bonds is 7. The third-order valence-electron chi connectivity index (χ3n) is 2.64.